The third kappa shape index (κ3) is 3.80. The highest BCUT2D eigenvalue weighted by Crippen LogP contribution is 2.26. The number of methoxy groups -OCH3 is 1. The normalized spacial score (nSPS) is 11.1. The first kappa shape index (κ1) is 17.2. The number of carbonyl (C=O) groups is 1. The van der Waals surface area contributed by atoms with E-state index in [2.05, 4.69) is 9.46 Å². The first-order valence-electron chi connectivity index (χ1n) is 6.41. The van der Waals surface area contributed by atoms with Gasteiger partial charge in [-0.2, -0.15) is 0 Å². The SMILES string of the molecule is COC(=O)c1ccc(Cl)c(NS(=O)(=O)c2ccc(F)c(C)c2)c1. The summed E-state index contributed by atoms with van der Waals surface area (Å²) in [7, 11) is -2.77. The van der Waals surface area contributed by atoms with Gasteiger partial charge in [-0.3, -0.25) is 4.72 Å². The number of hydrogen-bond acceptors (Lipinski definition) is 4. The Hall–Kier alpha value is -2.12. The molecule has 122 valence electrons. The highest BCUT2D eigenvalue weighted by atomic mass is 35.5. The lowest BCUT2D eigenvalue weighted by Gasteiger charge is -2.11. The molecule has 0 atom stereocenters. The van der Waals surface area contributed by atoms with Gasteiger partial charge in [0.1, 0.15) is 5.82 Å². The number of ether oxygens (including phenoxy) is 1. The van der Waals surface area contributed by atoms with Gasteiger partial charge >= 0.3 is 5.97 Å². The number of hydrogen-bond donors (Lipinski definition) is 1. The van der Waals surface area contributed by atoms with Crippen molar-refractivity contribution >= 4 is 33.3 Å². The average Bonchev–Trinajstić information content (AvgIpc) is 2.51. The number of halogens is 2. The molecule has 0 spiro atoms. The first-order chi connectivity index (χ1) is 10.7. The lowest BCUT2D eigenvalue weighted by Crippen LogP contribution is -2.14. The molecule has 0 aromatic heterocycles. The van der Waals surface area contributed by atoms with Crippen molar-refractivity contribution in [2.75, 3.05) is 11.8 Å². The first-order valence-corrected chi connectivity index (χ1v) is 8.27. The molecule has 0 aliphatic heterocycles. The van der Waals surface area contributed by atoms with Crippen molar-refractivity contribution in [3.05, 3.63) is 58.4 Å². The summed E-state index contributed by atoms with van der Waals surface area (Å²) in [6.45, 7) is 1.46. The third-order valence-corrected chi connectivity index (χ3v) is 4.76. The van der Waals surface area contributed by atoms with Crippen LogP contribution >= 0.6 is 11.6 Å². The van der Waals surface area contributed by atoms with E-state index in [1.165, 1.54) is 38.3 Å². The Morgan fingerprint density at radius 2 is 1.91 bits per heavy atom. The summed E-state index contributed by atoms with van der Waals surface area (Å²) in [5, 5.41) is 0.111. The van der Waals surface area contributed by atoms with E-state index >= 15 is 0 Å². The molecule has 0 heterocycles. The van der Waals surface area contributed by atoms with E-state index in [1.54, 1.807) is 0 Å². The Morgan fingerprint density at radius 1 is 1.22 bits per heavy atom. The molecule has 2 rings (SSSR count). The number of esters is 1. The van der Waals surface area contributed by atoms with E-state index < -0.39 is 21.8 Å². The molecule has 0 radical (unpaired) electrons. The lowest BCUT2D eigenvalue weighted by atomic mass is 10.2. The Kier molecular flexibility index (Phi) is 4.91. The van der Waals surface area contributed by atoms with Crippen LogP contribution in [0.4, 0.5) is 10.1 Å². The summed E-state index contributed by atoms with van der Waals surface area (Å²) >= 11 is 5.96. The zero-order valence-corrected chi connectivity index (χ0v) is 13.8. The van der Waals surface area contributed by atoms with Crippen LogP contribution in [-0.2, 0) is 14.8 Å². The molecule has 0 aliphatic rings. The highest BCUT2D eigenvalue weighted by molar-refractivity contribution is 7.92. The van der Waals surface area contributed by atoms with Crippen LogP contribution in [0.5, 0.6) is 0 Å². The van der Waals surface area contributed by atoms with Gasteiger partial charge in [0.15, 0.2) is 0 Å². The number of aryl methyl sites for hydroxylation is 1. The second-order valence-corrected chi connectivity index (χ2v) is 6.79. The lowest BCUT2D eigenvalue weighted by molar-refractivity contribution is 0.0601. The number of anilines is 1. The quantitative estimate of drug-likeness (QED) is 0.851. The van der Waals surface area contributed by atoms with E-state index in [9.17, 15) is 17.6 Å². The molecule has 8 heteroatoms. The third-order valence-electron chi connectivity index (χ3n) is 3.07. The smallest absolute Gasteiger partial charge is 0.337 e. The molecule has 0 fully saturated rings. The molecule has 2 aromatic rings. The van der Waals surface area contributed by atoms with Crippen LogP contribution in [0.15, 0.2) is 41.3 Å². The summed E-state index contributed by atoms with van der Waals surface area (Å²) in [5.41, 5.74) is 0.365. The van der Waals surface area contributed by atoms with Crippen LogP contribution in [0.2, 0.25) is 5.02 Å². The molecular weight excluding hydrogens is 345 g/mol. The summed E-state index contributed by atoms with van der Waals surface area (Å²) in [5.74, 6) is -1.13. The van der Waals surface area contributed by atoms with Crippen molar-refractivity contribution in [2.45, 2.75) is 11.8 Å². The predicted octanol–water partition coefficient (Wildman–Crippen LogP) is 3.37. The van der Waals surface area contributed by atoms with Gasteiger partial charge in [-0.05, 0) is 48.9 Å². The second kappa shape index (κ2) is 6.55. The van der Waals surface area contributed by atoms with E-state index in [0.29, 0.717) is 0 Å². The second-order valence-electron chi connectivity index (χ2n) is 4.70. The summed E-state index contributed by atoms with van der Waals surface area (Å²) < 4.78 is 44.8. The molecular formula is C15H13ClFNO4S. The molecule has 23 heavy (non-hydrogen) atoms. The minimum atomic E-state index is -3.98. The van der Waals surface area contributed by atoms with Crippen LogP contribution < -0.4 is 4.72 Å². The Bertz CT molecular complexity index is 868. The maximum atomic E-state index is 13.3. The van der Waals surface area contributed by atoms with E-state index in [1.807, 2.05) is 0 Å². The molecule has 0 saturated heterocycles. The van der Waals surface area contributed by atoms with Gasteiger partial charge in [0.2, 0.25) is 0 Å². The van der Waals surface area contributed by atoms with Gasteiger partial charge in [0.05, 0.1) is 28.3 Å². The van der Waals surface area contributed by atoms with Crippen molar-refractivity contribution in [1.29, 1.82) is 0 Å². The molecule has 1 N–H and O–H groups in total. The summed E-state index contributed by atoms with van der Waals surface area (Å²) in [4.78, 5) is 11.4. The standard InChI is InChI=1S/C15H13ClFNO4S/c1-9-7-11(4-6-13(9)17)23(20,21)18-14-8-10(15(19)22-2)3-5-12(14)16/h3-8,18H,1-2H3. The van der Waals surface area contributed by atoms with Crippen LogP contribution in [0.25, 0.3) is 0 Å². The number of rotatable bonds is 4. The topological polar surface area (TPSA) is 72.5 Å². The zero-order valence-electron chi connectivity index (χ0n) is 12.3. The minimum absolute atomic E-state index is 0.0246. The number of carbonyl (C=O) groups excluding carboxylic acids is 1. The highest BCUT2D eigenvalue weighted by Gasteiger charge is 2.18. The molecule has 0 unspecified atom stereocenters. The van der Waals surface area contributed by atoms with Gasteiger partial charge < -0.3 is 4.74 Å². The van der Waals surface area contributed by atoms with E-state index in [4.69, 9.17) is 11.6 Å². The fourth-order valence-corrected chi connectivity index (χ4v) is 3.21. The maximum Gasteiger partial charge on any atom is 0.337 e. The van der Waals surface area contributed by atoms with Gasteiger partial charge in [0, 0.05) is 0 Å². The molecule has 0 aliphatic carbocycles. The predicted molar refractivity (Wildman–Crippen MR) is 84.7 cm³/mol. The van der Waals surface area contributed by atoms with Crippen molar-refractivity contribution in [3.8, 4) is 0 Å². The summed E-state index contributed by atoms with van der Waals surface area (Å²) in [6.07, 6.45) is 0. The van der Waals surface area contributed by atoms with Gasteiger partial charge in [-0.25, -0.2) is 17.6 Å². The molecule has 0 bridgehead atoms. The fourth-order valence-electron chi connectivity index (χ4n) is 1.84. The van der Waals surface area contributed by atoms with Gasteiger partial charge in [-0.15, -0.1) is 0 Å². The minimum Gasteiger partial charge on any atom is -0.465 e. The summed E-state index contributed by atoms with van der Waals surface area (Å²) in [6, 6.07) is 7.46. The van der Waals surface area contributed by atoms with Crippen molar-refractivity contribution in [1.82, 2.24) is 0 Å². The average molecular weight is 358 g/mol. The number of sulfonamides is 1. The van der Waals surface area contributed by atoms with Crippen LogP contribution in [0, 0.1) is 12.7 Å². The van der Waals surface area contributed by atoms with E-state index in [0.717, 1.165) is 12.1 Å². The van der Waals surface area contributed by atoms with Crippen molar-refractivity contribution in [3.63, 3.8) is 0 Å². The zero-order chi connectivity index (χ0) is 17.2. The monoisotopic (exact) mass is 357 g/mol. The van der Waals surface area contributed by atoms with Gasteiger partial charge in [0.25, 0.3) is 10.0 Å². The molecule has 0 amide bonds. The van der Waals surface area contributed by atoms with Crippen LogP contribution in [0.3, 0.4) is 0 Å². The van der Waals surface area contributed by atoms with Crippen LogP contribution in [0.1, 0.15) is 15.9 Å². The van der Waals surface area contributed by atoms with Gasteiger partial charge in [-0.1, -0.05) is 11.6 Å². The largest absolute Gasteiger partial charge is 0.465 e. The Morgan fingerprint density at radius 3 is 2.52 bits per heavy atom. The van der Waals surface area contributed by atoms with E-state index in [-0.39, 0.29) is 26.7 Å². The maximum absolute atomic E-state index is 13.3. The fraction of sp³-hybridized carbons (Fsp3) is 0.133. The van der Waals surface area contributed by atoms with Crippen molar-refractivity contribution < 1.29 is 22.3 Å². The number of nitrogens with one attached hydrogen (secondary N) is 1. The molecule has 2 aromatic carbocycles. The molecule has 5 nitrogen and oxygen atoms in total. The Labute approximate surface area is 138 Å². The Balaban J connectivity index is 2.40. The van der Waals surface area contributed by atoms with Crippen LogP contribution in [-0.4, -0.2) is 21.5 Å². The number of benzene rings is 2. The molecule has 0 saturated carbocycles. The van der Waals surface area contributed by atoms with Crippen molar-refractivity contribution in [2.24, 2.45) is 0 Å².